The van der Waals surface area contributed by atoms with Gasteiger partial charge in [-0.3, -0.25) is 9.59 Å². The molecule has 3 aliphatic rings. The summed E-state index contributed by atoms with van der Waals surface area (Å²) in [4.78, 5) is 28.1. The van der Waals surface area contributed by atoms with Crippen LogP contribution in [0.25, 0.3) is 11.1 Å². The predicted molar refractivity (Wildman–Crippen MR) is 148 cm³/mol. The van der Waals surface area contributed by atoms with E-state index in [0.29, 0.717) is 24.2 Å². The van der Waals surface area contributed by atoms with Crippen molar-refractivity contribution < 1.29 is 9.59 Å². The molecule has 2 aromatic carbocycles. The molecular formula is C29H32N6O2. The zero-order chi connectivity index (χ0) is 25.9. The molecule has 2 aromatic rings. The smallest absolute Gasteiger partial charge is 0.256 e. The highest BCUT2D eigenvalue weighted by molar-refractivity contribution is 6.32. The normalized spacial score (nSPS) is 22.5. The van der Waals surface area contributed by atoms with Crippen LogP contribution in [0.5, 0.6) is 0 Å². The maximum Gasteiger partial charge on any atom is 0.256 e. The van der Waals surface area contributed by atoms with E-state index in [4.69, 9.17) is 5.41 Å². The van der Waals surface area contributed by atoms with E-state index in [1.807, 2.05) is 73.4 Å². The maximum atomic E-state index is 13.3. The molecule has 2 atom stereocenters. The second-order valence-corrected chi connectivity index (χ2v) is 9.61. The zero-order valence-electron chi connectivity index (χ0n) is 21.1. The van der Waals surface area contributed by atoms with Gasteiger partial charge in [-0.05, 0) is 55.3 Å². The van der Waals surface area contributed by atoms with Gasteiger partial charge in [-0.15, -0.1) is 0 Å². The van der Waals surface area contributed by atoms with Gasteiger partial charge in [-0.1, -0.05) is 24.3 Å². The number of nitrogens with one attached hydrogen (secondary N) is 5. The van der Waals surface area contributed by atoms with E-state index >= 15 is 0 Å². The Kier molecular flexibility index (Phi) is 6.92. The second-order valence-electron chi connectivity index (χ2n) is 9.61. The molecule has 1 fully saturated rings. The van der Waals surface area contributed by atoms with E-state index in [-0.39, 0.29) is 23.8 Å². The Hall–Kier alpha value is -4.17. The summed E-state index contributed by atoms with van der Waals surface area (Å²) in [5.74, 6) is -0.295. The van der Waals surface area contributed by atoms with Gasteiger partial charge in [-0.2, -0.15) is 0 Å². The molecule has 0 aromatic heterocycles. The van der Waals surface area contributed by atoms with Gasteiger partial charge in [0, 0.05) is 72.8 Å². The number of amides is 2. The van der Waals surface area contributed by atoms with Gasteiger partial charge in [0.2, 0.25) is 5.91 Å². The zero-order valence-corrected chi connectivity index (χ0v) is 21.1. The first-order valence-electron chi connectivity index (χ1n) is 12.6. The van der Waals surface area contributed by atoms with E-state index in [0.717, 1.165) is 46.9 Å². The first-order valence-corrected chi connectivity index (χ1v) is 12.6. The molecule has 190 valence electrons. The van der Waals surface area contributed by atoms with Crippen molar-refractivity contribution in [3.8, 4) is 0 Å². The number of carbonyl (C=O) groups is 2. The molecule has 3 heterocycles. The number of para-hydroxylation sites is 1. The molecule has 8 nitrogen and oxygen atoms in total. The van der Waals surface area contributed by atoms with Crippen LogP contribution in [0.15, 0.2) is 72.1 Å². The number of benzene rings is 2. The highest BCUT2D eigenvalue weighted by Gasteiger charge is 2.37. The van der Waals surface area contributed by atoms with Crippen molar-refractivity contribution in [2.45, 2.75) is 19.9 Å². The van der Waals surface area contributed by atoms with Gasteiger partial charge >= 0.3 is 0 Å². The summed E-state index contributed by atoms with van der Waals surface area (Å²) >= 11 is 0. The molecule has 0 bridgehead atoms. The molecule has 2 unspecified atom stereocenters. The average molecular weight is 497 g/mol. The monoisotopic (exact) mass is 496 g/mol. The SMILES string of the molecule is CC1=C(/C=C2\C(=O)Nc3ccc(/C(C=N)=C/Nc4ccccc4)cc32)NC(C)C1C(=O)N1CCNCC1. The average Bonchev–Trinajstić information content (AvgIpc) is 3.39. The van der Waals surface area contributed by atoms with E-state index in [1.54, 1.807) is 6.20 Å². The van der Waals surface area contributed by atoms with E-state index in [1.165, 1.54) is 6.21 Å². The molecule has 3 aliphatic heterocycles. The number of anilines is 2. The third kappa shape index (κ3) is 4.93. The van der Waals surface area contributed by atoms with Crippen LogP contribution in [0.1, 0.15) is 25.0 Å². The van der Waals surface area contributed by atoms with E-state index < -0.39 is 0 Å². The van der Waals surface area contributed by atoms with Crippen molar-refractivity contribution in [3.05, 3.63) is 83.2 Å². The predicted octanol–water partition coefficient (Wildman–Crippen LogP) is 3.44. The Balaban J connectivity index is 1.43. The number of rotatable bonds is 6. The first kappa shape index (κ1) is 24.5. The Morgan fingerprint density at radius 1 is 1.14 bits per heavy atom. The van der Waals surface area contributed by atoms with Gasteiger partial charge in [-0.25, -0.2) is 0 Å². The number of hydrogen-bond acceptors (Lipinski definition) is 6. The van der Waals surface area contributed by atoms with Gasteiger partial charge in [0.05, 0.1) is 11.5 Å². The molecule has 8 heteroatoms. The molecule has 0 radical (unpaired) electrons. The number of fused-ring (bicyclic) bond motifs is 1. The lowest BCUT2D eigenvalue weighted by molar-refractivity contribution is -0.135. The largest absolute Gasteiger partial charge is 0.381 e. The van der Waals surface area contributed by atoms with Crippen LogP contribution in [0, 0.1) is 11.3 Å². The van der Waals surface area contributed by atoms with Gasteiger partial charge in [0.1, 0.15) is 0 Å². The fourth-order valence-corrected chi connectivity index (χ4v) is 5.18. The molecule has 0 saturated carbocycles. The van der Waals surface area contributed by atoms with Gasteiger partial charge < -0.3 is 31.6 Å². The van der Waals surface area contributed by atoms with Crippen LogP contribution in [-0.4, -0.2) is 55.1 Å². The Labute approximate surface area is 217 Å². The van der Waals surface area contributed by atoms with Gasteiger partial charge in [0.25, 0.3) is 5.91 Å². The van der Waals surface area contributed by atoms with E-state index in [9.17, 15) is 9.59 Å². The summed E-state index contributed by atoms with van der Waals surface area (Å²) < 4.78 is 0. The highest BCUT2D eigenvalue weighted by atomic mass is 16.2. The van der Waals surface area contributed by atoms with Crippen molar-refractivity contribution in [2.24, 2.45) is 5.92 Å². The number of allylic oxidation sites excluding steroid dienone is 2. The molecule has 0 spiro atoms. The van der Waals surface area contributed by atoms with Crippen LogP contribution >= 0.6 is 0 Å². The lowest BCUT2D eigenvalue weighted by Gasteiger charge is -2.31. The number of carbonyl (C=O) groups excluding carboxylic acids is 2. The fraction of sp³-hybridized carbons (Fsp3) is 0.276. The molecule has 0 aliphatic carbocycles. The summed E-state index contributed by atoms with van der Waals surface area (Å²) in [6.45, 7) is 7.04. The number of nitrogens with zero attached hydrogens (tertiary/aromatic N) is 1. The Bertz CT molecular complexity index is 1320. The molecule has 5 rings (SSSR count). The van der Waals surface area contributed by atoms with Crippen molar-refractivity contribution in [2.75, 3.05) is 36.8 Å². The summed E-state index contributed by atoms with van der Waals surface area (Å²) in [6.07, 6.45) is 4.94. The number of hydrogen-bond donors (Lipinski definition) is 5. The van der Waals surface area contributed by atoms with Crippen LogP contribution in [0.3, 0.4) is 0 Å². The Morgan fingerprint density at radius 3 is 2.62 bits per heavy atom. The minimum absolute atomic E-state index is 0.0546. The van der Waals surface area contributed by atoms with Crippen LogP contribution in [0.2, 0.25) is 0 Å². The summed E-state index contributed by atoms with van der Waals surface area (Å²) in [5.41, 5.74) is 6.27. The molecule has 2 amide bonds. The van der Waals surface area contributed by atoms with Crippen molar-refractivity contribution >= 4 is 40.5 Å². The van der Waals surface area contributed by atoms with Crippen LogP contribution in [0.4, 0.5) is 11.4 Å². The lowest BCUT2D eigenvalue weighted by atomic mass is 9.93. The van der Waals surface area contributed by atoms with Gasteiger partial charge in [0.15, 0.2) is 0 Å². The minimum atomic E-state index is -0.253. The second kappa shape index (κ2) is 10.4. The molecule has 1 saturated heterocycles. The third-order valence-electron chi connectivity index (χ3n) is 7.22. The topological polar surface area (TPSA) is 109 Å². The third-order valence-corrected chi connectivity index (χ3v) is 7.22. The van der Waals surface area contributed by atoms with Crippen molar-refractivity contribution in [1.29, 1.82) is 5.41 Å². The summed E-state index contributed by atoms with van der Waals surface area (Å²) in [5, 5.41) is 20.8. The molecule has 5 N–H and O–H groups in total. The first-order chi connectivity index (χ1) is 18.0. The highest BCUT2D eigenvalue weighted by Crippen LogP contribution is 2.36. The summed E-state index contributed by atoms with van der Waals surface area (Å²) in [6, 6.07) is 15.4. The van der Waals surface area contributed by atoms with E-state index in [2.05, 4.69) is 21.3 Å². The lowest BCUT2D eigenvalue weighted by Crippen LogP contribution is -2.50. The van der Waals surface area contributed by atoms with Crippen LogP contribution < -0.4 is 21.3 Å². The minimum Gasteiger partial charge on any atom is -0.381 e. The maximum absolute atomic E-state index is 13.3. The van der Waals surface area contributed by atoms with Crippen molar-refractivity contribution in [1.82, 2.24) is 15.5 Å². The Morgan fingerprint density at radius 2 is 1.89 bits per heavy atom. The molecule has 37 heavy (non-hydrogen) atoms. The fourth-order valence-electron chi connectivity index (χ4n) is 5.18. The van der Waals surface area contributed by atoms with Crippen LogP contribution in [-0.2, 0) is 9.59 Å². The quantitative estimate of drug-likeness (QED) is 0.311. The van der Waals surface area contributed by atoms with Crippen molar-refractivity contribution in [3.63, 3.8) is 0 Å². The number of piperazine rings is 1. The standard InChI is InChI=1S/C29H32N6O2/c1-18-26(33-19(2)27(18)29(37)35-12-10-31-11-13-35)15-24-23-14-20(8-9-25(23)34-28(24)36)21(16-30)17-32-22-6-4-3-5-7-22/h3-9,14-17,19,27,30-33H,10-13H2,1-2H3,(H,34,36)/b21-17+,24-15-,30-16?. The molecular weight excluding hydrogens is 464 g/mol. The summed E-state index contributed by atoms with van der Waals surface area (Å²) in [7, 11) is 0.